The van der Waals surface area contributed by atoms with E-state index in [1.807, 2.05) is 4.90 Å². The summed E-state index contributed by atoms with van der Waals surface area (Å²) in [6.45, 7) is 1.49. The summed E-state index contributed by atoms with van der Waals surface area (Å²) in [5.74, 6) is 1.80. The molecule has 0 amide bonds. The fourth-order valence-electron chi connectivity index (χ4n) is 4.06. The van der Waals surface area contributed by atoms with E-state index in [9.17, 15) is 4.79 Å². The first-order valence-electron chi connectivity index (χ1n) is 9.25. The second-order valence-electron chi connectivity index (χ2n) is 7.08. The molecule has 1 spiro atoms. The van der Waals surface area contributed by atoms with E-state index in [2.05, 4.69) is 15.0 Å². The van der Waals surface area contributed by atoms with Crippen molar-refractivity contribution in [3.8, 4) is 11.5 Å². The van der Waals surface area contributed by atoms with Gasteiger partial charge in [-0.3, -0.25) is 9.78 Å². The number of carbonyl (C=O) groups excluding carboxylic acids is 1. The Morgan fingerprint density at radius 2 is 1.97 bits per heavy atom. The third-order valence-corrected chi connectivity index (χ3v) is 5.81. The maximum atomic E-state index is 13.3. The highest BCUT2D eigenvalue weighted by Crippen LogP contribution is 2.46. The van der Waals surface area contributed by atoms with Gasteiger partial charge in [-0.05, 0) is 12.8 Å². The lowest BCUT2D eigenvalue weighted by Gasteiger charge is -2.43. The van der Waals surface area contributed by atoms with Gasteiger partial charge in [0.05, 0.1) is 44.6 Å². The van der Waals surface area contributed by atoms with Gasteiger partial charge < -0.3 is 24.8 Å². The fraction of sp³-hybridized carbons (Fsp3) is 0.474. The number of aromatic nitrogens is 3. The molecule has 154 valence electrons. The molecule has 0 atom stereocenters. The maximum Gasteiger partial charge on any atom is 0.223 e. The summed E-state index contributed by atoms with van der Waals surface area (Å²) in [5, 5.41) is 0.215. The van der Waals surface area contributed by atoms with Crippen molar-refractivity contribution >= 4 is 29.2 Å². The Hall–Kier alpha value is -2.65. The third-order valence-electron chi connectivity index (χ3n) is 5.54. The van der Waals surface area contributed by atoms with Gasteiger partial charge in [0.1, 0.15) is 11.0 Å². The number of ketones is 1. The minimum absolute atomic E-state index is 0.0654. The quantitative estimate of drug-likeness (QED) is 0.740. The molecule has 29 heavy (non-hydrogen) atoms. The topological polar surface area (TPSA) is 113 Å². The van der Waals surface area contributed by atoms with Crippen molar-refractivity contribution in [2.75, 3.05) is 44.6 Å². The second-order valence-corrected chi connectivity index (χ2v) is 7.43. The smallest absolute Gasteiger partial charge is 0.223 e. The Morgan fingerprint density at radius 1 is 1.24 bits per heavy atom. The van der Waals surface area contributed by atoms with Crippen LogP contribution < -0.4 is 20.1 Å². The number of nitrogen functional groups attached to an aromatic ring is 1. The van der Waals surface area contributed by atoms with Crippen LogP contribution in [0.25, 0.3) is 0 Å². The standard InChI is InChI=1S/C19H22ClN5O4/c1-27-12-7-11(22-8-13(12)28-2)9-25-10-14(26)19(3-5-29-6-4-19)15-16(20)23-18(21)24-17(15)25/h7-8H,3-6,9-10H2,1-2H3,(H2,21,23,24). The predicted octanol–water partition coefficient (Wildman–Crippen LogP) is 1.76. The van der Waals surface area contributed by atoms with E-state index in [0.717, 1.165) is 0 Å². The largest absolute Gasteiger partial charge is 0.493 e. The lowest BCUT2D eigenvalue weighted by Crippen LogP contribution is -2.52. The zero-order valence-electron chi connectivity index (χ0n) is 16.3. The summed E-state index contributed by atoms with van der Waals surface area (Å²) in [7, 11) is 3.11. The van der Waals surface area contributed by atoms with Crippen molar-refractivity contribution in [3.63, 3.8) is 0 Å². The minimum Gasteiger partial charge on any atom is -0.493 e. The van der Waals surface area contributed by atoms with Crippen LogP contribution in [-0.4, -0.2) is 54.7 Å². The molecule has 0 bridgehead atoms. The first kappa shape index (κ1) is 19.7. The number of hydrogen-bond donors (Lipinski definition) is 1. The molecule has 2 aromatic heterocycles. The molecule has 0 unspecified atom stereocenters. The number of pyridine rings is 1. The third kappa shape index (κ3) is 3.34. The maximum absolute atomic E-state index is 13.3. The molecule has 4 rings (SSSR count). The SMILES string of the molecule is COc1cnc(CN2CC(=O)C3(CCOCC3)c3c(Cl)nc(N)nc32)cc1OC. The average molecular weight is 420 g/mol. The highest BCUT2D eigenvalue weighted by atomic mass is 35.5. The molecule has 2 aromatic rings. The van der Waals surface area contributed by atoms with Gasteiger partial charge in [0.2, 0.25) is 5.95 Å². The molecular weight excluding hydrogens is 398 g/mol. The number of nitrogens with two attached hydrogens (primary N) is 1. The molecular formula is C19H22ClN5O4. The molecule has 2 N–H and O–H groups in total. The Bertz CT molecular complexity index is 948. The number of ether oxygens (including phenoxy) is 3. The van der Waals surface area contributed by atoms with Crippen LogP contribution in [0.4, 0.5) is 11.8 Å². The zero-order chi connectivity index (χ0) is 20.6. The molecule has 4 heterocycles. The van der Waals surface area contributed by atoms with Crippen molar-refractivity contribution in [2.45, 2.75) is 24.8 Å². The summed E-state index contributed by atoms with van der Waals surface area (Å²) < 4.78 is 16.1. The van der Waals surface area contributed by atoms with Crippen LogP contribution in [0.1, 0.15) is 24.1 Å². The molecule has 2 aliphatic heterocycles. The van der Waals surface area contributed by atoms with Gasteiger partial charge in [-0.1, -0.05) is 11.6 Å². The van der Waals surface area contributed by atoms with Crippen LogP contribution >= 0.6 is 11.6 Å². The number of halogens is 1. The van der Waals surface area contributed by atoms with E-state index < -0.39 is 5.41 Å². The Morgan fingerprint density at radius 3 is 2.66 bits per heavy atom. The number of rotatable bonds is 4. The summed E-state index contributed by atoms with van der Waals surface area (Å²) in [6.07, 6.45) is 2.69. The molecule has 1 saturated heterocycles. The van der Waals surface area contributed by atoms with E-state index >= 15 is 0 Å². The molecule has 0 aliphatic carbocycles. The lowest BCUT2D eigenvalue weighted by molar-refractivity contribution is -0.127. The van der Waals surface area contributed by atoms with Gasteiger partial charge in [-0.15, -0.1) is 0 Å². The average Bonchev–Trinajstić information content (AvgIpc) is 2.72. The van der Waals surface area contributed by atoms with E-state index in [0.29, 0.717) is 61.2 Å². The van der Waals surface area contributed by atoms with Gasteiger partial charge in [0.15, 0.2) is 17.3 Å². The second kappa shape index (κ2) is 7.64. The first-order chi connectivity index (χ1) is 14.0. The van der Waals surface area contributed by atoms with Crippen molar-refractivity contribution in [1.82, 2.24) is 15.0 Å². The van der Waals surface area contributed by atoms with Gasteiger partial charge >= 0.3 is 0 Å². The highest BCUT2D eigenvalue weighted by Gasteiger charge is 2.49. The minimum atomic E-state index is -0.736. The molecule has 0 saturated carbocycles. The van der Waals surface area contributed by atoms with Crippen molar-refractivity contribution in [1.29, 1.82) is 0 Å². The molecule has 0 aromatic carbocycles. The van der Waals surface area contributed by atoms with Crippen molar-refractivity contribution in [2.24, 2.45) is 0 Å². The molecule has 9 nitrogen and oxygen atoms in total. The van der Waals surface area contributed by atoms with Gasteiger partial charge in [0, 0.05) is 24.8 Å². The Labute approximate surface area is 173 Å². The predicted molar refractivity (Wildman–Crippen MR) is 107 cm³/mol. The molecule has 0 radical (unpaired) electrons. The number of nitrogens with zero attached hydrogens (tertiary/aromatic N) is 4. The number of carbonyl (C=O) groups is 1. The van der Waals surface area contributed by atoms with Crippen molar-refractivity contribution in [3.05, 3.63) is 28.7 Å². The highest BCUT2D eigenvalue weighted by molar-refractivity contribution is 6.31. The summed E-state index contributed by atoms with van der Waals surface area (Å²) in [6, 6.07) is 1.77. The van der Waals surface area contributed by atoms with E-state index in [4.69, 9.17) is 31.5 Å². The summed E-state index contributed by atoms with van der Waals surface area (Å²) in [4.78, 5) is 28.1. The fourth-order valence-corrected chi connectivity index (χ4v) is 4.41. The number of fused-ring (bicyclic) bond motifs is 2. The number of methoxy groups -OCH3 is 2. The number of hydrogen-bond acceptors (Lipinski definition) is 9. The van der Waals surface area contributed by atoms with Crippen LogP contribution in [-0.2, 0) is 21.5 Å². The summed E-state index contributed by atoms with van der Waals surface area (Å²) in [5.41, 5.74) is 6.47. The van der Waals surface area contributed by atoms with Gasteiger partial charge in [-0.25, -0.2) is 4.98 Å². The monoisotopic (exact) mass is 419 g/mol. The van der Waals surface area contributed by atoms with Crippen LogP contribution in [0.3, 0.4) is 0 Å². The number of Topliss-reactive ketones (excluding diaryl/α,β-unsaturated/α-hetero) is 1. The van der Waals surface area contributed by atoms with Crippen LogP contribution in [0.15, 0.2) is 12.3 Å². The molecule has 10 heteroatoms. The van der Waals surface area contributed by atoms with Crippen LogP contribution in [0.2, 0.25) is 5.15 Å². The first-order valence-corrected chi connectivity index (χ1v) is 9.62. The normalized spacial score (nSPS) is 17.9. The van der Waals surface area contributed by atoms with Crippen LogP contribution in [0, 0.1) is 0 Å². The number of anilines is 2. The molecule has 1 fully saturated rings. The van der Waals surface area contributed by atoms with Crippen LogP contribution in [0.5, 0.6) is 11.5 Å². The lowest BCUT2D eigenvalue weighted by atomic mass is 9.69. The van der Waals surface area contributed by atoms with Gasteiger partial charge in [-0.2, -0.15) is 4.98 Å². The molecule has 2 aliphatic rings. The Kier molecular flexibility index (Phi) is 5.18. The zero-order valence-corrected chi connectivity index (χ0v) is 17.0. The van der Waals surface area contributed by atoms with E-state index in [1.165, 1.54) is 0 Å². The van der Waals surface area contributed by atoms with Gasteiger partial charge in [0.25, 0.3) is 0 Å². The van der Waals surface area contributed by atoms with E-state index in [1.54, 1.807) is 26.5 Å². The van der Waals surface area contributed by atoms with E-state index in [-0.39, 0.29) is 23.4 Å². The summed E-state index contributed by atoms with van der Waals surface area (Å²) >= 11 is 6.49. The van der Waals surface area contributed by atoms with Crippen molar-refractivity contribution < 1.29 is 19.0 Å². The Balaban J connectivity index is 1.76.